The Kier molecular flexibility index (Phi) is 3.91. The molecule has 0 radical (unpaired) electrons. The van der Waals surface area contributed by atoms with Gasteiger partial charge in [-0.2, -0.15) is 8.42 Å². The number of hydrogen-bond acceptors (Lipinski definition) is 5. The van der Waals surface area contributed by atoms with Crippen molar-refractivity contribution < 1.29 is 17.0 Å². The van der Waals surface area contributed by atoms with Crippen LogP contribution in [-0.2, 0) is 10.1 Å². The number of nitrogens with zero attached hydrogens (tertiary/aromatic N) is 1. The third-order valence-electron chi connectivity index (χ3n) is 5.00. The van der Waals surface area contributed by atoms with Crippen molar-refractivity contribution in [3.8, 4) is 5.88 Å². The molecule has 2 bridgehead atoms. The van der Waals surface area contributed by atoms with Gasteiger partial charge in [-0.15, -0.1) is 0 Å². The second-order valence-corrected chi connectivity index (χ2v) is 8.35. The molecule has 2 aromatic rings. The first-order valence-electron chi connectivity index (χ1n) is 8.35. The number of pyridine rings is 1. The monoisotopic (exact) mass is 362 g/mol. The lowest BCUT2D eigenvalue weighted by Crippen LogP contribution is -2.25. The summed E-state index contributed by atoms with van der Waals surface area (Å²) in [6.07, 6.45) is 6.79. The van der Waals surface area contributed by atoms with E-state index in [2.05, 4.69) is 10.3 Å². The number of aromatic nitrogens is 1. The SMILES string of the molecule is CS(=O)(=O)Oc1ncc(Nc2cccc(F)c2)c2c1C1CCC2CC1. The highest BCUT2D eigenvalue weighted by Crippen LogP contribution is 2.54. The summed E-state index contributed by atoms with van der Waals surface area (Å²) in [4.78, 5) is 4.26. The lowest BCUT2D eigenvalue weighted by molar-refractivity contribution is 0.348. The van der Waals surface area contributed by atoms with Crippen LogP contribution in [0, 0.1) is 5.82 Å². The van der Waals surface area contributed by atoms with E-state index in [1.807, 2.05) is 0 Å². The van der Waals surface area contributed by atoms with Crippen molar-refractivity contribution in [3.05, 3.63) is 47.4 Å². The van der Waals surface area contributed by atoms with Crippen LogP contribution in [0.15, 0.2) is 30.5 Å². The van der Waals surface area contributed by atoms with Crippen molar-refractivity contribution in [3.63, 3.8) is 0 Å². The van der Waals surface area contributed by atoms with Crippen LogP contribution in [0.3, 0.4) is 0 Å². The molecule has 1 saturated carbocycles. The molecular formula is C18H19FN2O3S. The van der Waals surface area contributed by atoms with Crippen molar-refractivity contribution in [2.75, 3.05) is 11.6 Å². The van der Waals surface area contributed by atoms with Gasteiger partial charge in [-0.3, -0.25) is 0 Å². The van der Waals surface area contributed by atoms with Crippen molar-refractivity contribution in [2.45, 2.75) is 37.5 Å². The van der Waals surface area contributed by atoms with E-state index in [4.69, 9.17) is 4.18 Å². The Morgan fingerprint density at radius 2 is 1.84 bits per heavy atom. The molecule has 0 aliphatic heterocycles. The van der Waals surface area contributed by atoms with E-state index in [9.17, 15) is 12.8 Å². The molecule has 1 aromatic carbocycles. The van der Waals surface area contributed by atoms with Crippen LogP contribution in [0.1, 0.15) is 48.6 Å². The predicted molar refractivity (Wildman–Crippen MR) is 93.3 cm³/mol. The molecule has 0 amide bonds. The zero-order valence-corrected chi connectivity index (χ0v) is 14.6. The van der Waals surface area contributed by atoms with Gasteiger partial charge in [0.15, 0.2) is 0 Å². The van der Waals surface area contributed by atoms with E-state index < -0.39 is 10.1 Å². The molecule has 25 heavy (non-hydrogen) atoms. The molecule has 132 valence electrons. The van der Waals surface area contributed by atoms with Crippen LogP contribution in [0.2, 0.25) is 0 Å². The summed E-state index contributed by atoms with van der Waals surface area (Å²) in [5.74, 6) is 0.488. The first kappa shape index (κ1) is 16.3. The molecule has 1 heterocycles. The standard InChI is InChI=1S/C18H19FN2O3S/c1-25(22,23)24-18-17-12-7-5-11(6-8-12)16(17)15(10-20-18)21-14-4-2-3-13(19)9-14/h2-4,9-12,21H,5-8H2,1H3. The minimum atomic E-state index is -3.64. The molecule has 5 rings (SSSR count). The van der Waals surface area contributed by atoms with Gasteiger partial charge in [0.1, 0.15) is 5.82 Å². The minimum Gasteiger partial charge on any atom is -0.361 e. The van der Waals surface area contributed by atoms with Gasteiger partial charge >= 0.3 is 10.1 Å². The van der Waals surface area contributed by atoms with E-state index in [-0.39, 0.29) is 17.6 Å². The van der Waals surface area contributed by atoms with Crippen LogP contribution >= 0.6 is 0 Å². The van der Waals surface area contributed by atoms with Gasteiger partial charge in [0.2, 0.25) is 5.88 Å². The number of rotatable bonds is 4. The second-order valence-electron chi connectivity index (χ2n) is 6.78. The summed E-state index contributed by atoms with van der Waals surface area (Å²) in [7, 11) is -3.64. The fourth-order valence-electron chi connectivity index (χ4n) is 4.06. The Bertz CT molecular complexity index is 922. The van der Waals surface area contributed by atoms with Gasteiger partial charge in [0, 0.05) is 11.3 Å². The second kappa shape index (κ2) is 5.98. The van der Waals surface area contributed by atoms with E-state index in [1.165, 1.54) is 12.1 Å². The summed E-state index contributed by atoms with van der Waals surface area (Å²) in [5.41, 5.74) is 3.41. The quantitative estimate of drug-likeness (QED) is 0.831. The summed E-state index contributed by atoms with van der Waals surface area (Å²) in [6.45, 7) is 0. The largest absolute Gasteiger partial charge is 0.361 e. The molecule has 0 unspecified atom stereocenters. The highest BCUT2D eigenvalue weighted by atomic mass is 32.2. The summed E-state index contributed by atoms with van der Waals surface area (Å²) < 4.78 is 41.8. The Morgan fingerprint density at radius 3 is 2.48 bits per heavy atom. The van der Waals surface area contributed by atoms with Gasteiger partial charge in [-0.25, -0.2) is 9.37 Å². The maximum atomic E-state index is 13.5. The molecule has 1 N–H and O–H groups in total. The van der Waals surface area contributed by atoms with Crippen molar-refractivity contribution in [2.24, 2.45) is 0 Å². The maximum Gasteiger partial charge on any atom is 0.307 e. The summed E-state index contributed by atoms with van der Waals surface area (Å²) >= 11 is 0. The third kappa shape index (κ3) is 3.20. The van der Waals surface area contributed by atoms with E-state index in [0.717, 1.165) is 48.8 Å². The molecule has 0 saturated heterocycles. The first-order chi connectivity index (χ1) is 11.9. The highest BCUT2D eigenvalue weighted by molar-refractivity contribution is 7.86. The van der Waals surface area contributed by atoms with E-state index in [1.54, 1.807) is 18.3 Å². The molecule has 1 aromatic heterocycles. The highest BCUT2D eigenvalue weighted by Gasteiger charge is 2.38. The smallest absolute Gasteiger partial charge is 0.307 e. The van der Waals surface area contributed by atoms with Crippen LogP contribution in [0.4, 0.5) is 15.8 Å². The van der Waals surface area contributed by atoms with Gasteiger partial charge in [0.25, 0.3) is 0 Å². The molecule has 1 fully saturated rings. The number of halogens is 1. The fourth-order valence-corrected chi connectivity index (χ4v) is 4.48. The molecule has 0 spiro atoms. The van der Waals surface area contributed by atoms with E-state index >= 15 is 0 Å². The Hall–Kier alpha value is -2.15. The lowest BCUT2D eigenvalue weighted by Gasteiger charge is -2.39. The van der Waals surface area contributed by atoms with Crippen molar-refractivity contribution in [1.82, 2.24) is 4.98 Å². The average Bonchev–Trinajstić information content (AvgIpc) is 2.56. The number of nitrogens with one attached hydrogen (secondary N) is 1. The molecule has 3 aliphatic rings. The topological polar surface area (TPSA) is 68.3 Å². The molecule has 0 atom stereocenters. The van der Waals surface area contributed by atoms with Gasteiger partial charge in [-0.05, 0) is 61.3 Å². The maximum absolute atomic E-state index is 13.5. The van der Waals surface area contributed by atoms with Crippen LogP contribution < -0.4 is 9.50 Å². The molecule has 5 nitrogen and oxygen atoms in total. The summed E-state index contributed by atoms with van der Waals surface area (Å²) in [5, 5.41) is 3.24. The zero-order valence-electron chi connectivity index (χ0n) is 13.8. The minimum absolute atomic E-state index is 0.191. The zero-order chi connectivity index (χ0) is 17.6. The number of hydrogen-bond donors (Lipinski definition) is 1. The first-order valence-corrected chi connectivity index (χ1v) is 10.2. The molecule has 3 aliphatic carbocycles. The van der Waals surface area contributed by atoms with E-state index in [0.29, 0.717) is 11.6 Å². The Balaban J connectivity index is 1.80. The Morgan fingerprint density at radius 1 is 1.16 bits per heavy atom. The van der Waals surface area contributed by atoms with Crippen molar-refractivity contribution in [1.29, 1.82) is 0 Å². The van der Waals surface area contributed by atoms with Crippen LogP contribution in [0.25, 0.3) is 0 Å². The van der Waals surface area contributed by atoms with Gasteiger partial charge in [0.05, 0.1) is 18.1 Å². The number of anilines is 2. The average molecular weight is 362 g/mol. The van der Waals surface area contributed by atoms with Gasteiger partial charge in [-0.1, -0.05) is 6.07 Å². The van der Waals surface area contributed by atoms with Gasteiger partial charge < -0.3 is 9.50 Å². The van der Waals surface area contributed by atoms with Crippen LogP contribution in [0.5, 0.6) is 5.88 Å². The summed E-state index contributed by atoms with van der Waals surface area (Å²) in [6, 6.07) is 6.25. The molecule has 7 heteroatoms. The lowest BCUT2D eigenvalue weighted by atomic mass is 9.67. The number of benzene rings is 1. The fraction of sp³-hybridized carbons (Fsp3) is 0.389. The Labute approximate surface area is 146 Å². The number of fused-ring (bicyclic) bond motifs is 2. The molecular weight excluding hydrogens is 343 g/mol. The predicted octanol–water partition coefficient (Wildman–Crippen LogP) is 4.06. The van der Waals surface area contributed by atoms with Crippen LogP contribution in [-0.4, -0.2) is 19.7 Å². The third-order valence-corrected chi connectivity index (χ3v) is 5.46. The normalized spacial score (nSPS) is 21.7. The van der Waals surface area contributed by atoms with Crippen molar-refractivity contribution >= 4 is 21.5 Å².